The summed E-state index contributed by atoms with van der Waals surface area (Å²) < 4.78 is 13.3. The van der Waals surface area contributed by atoms with Crippen LogP contribution in [-0.2, 0) is 0 Å². The van der Waals surface area contributed by atoms with E-state index in [-0.39, 0.29) is 5.82 Å². The summed E-state index contributed by atoms with van der Waals surface area (Å²) in [5.74, 6) is 0.880. The number of halogens is 2. The Balaban J connectivity index is 2.39. The van der Waals surface area contributed by atoms with Gasteiger partial charge in [0.25, 0.3) is 0 Å². The molecule has 0 aliphatic rings. The molecule has 0 spiro atoms. The van der Waals surface area contributed by atoms with Gasteiger partial charge in [-0.05, 0) is 44.5 Å². The summed E-state index contributed by atoms with van der Waals surface area (Å²) in [6.07, 6.45) is 0. The minimum Gasteiger partial charge on any atom is -0.340 e. The smallest absolute Gasteiger partial charge is 0.138 e. The van der Waals surface area contributed by atoms with Crippen molar-refractivity contribution >= 4 is 23.1 Å². The summed E-state index contributed by atoms with van der Waals surface area (Å²) >= 11 is 5.98. The predicted octanol–water partition coefficient (Wildman–Crippen LogP) is 3.94. The van der Waals surface area contributed by atoms with Crippen LogP contribution in [0.15, 0.2) is 18.2 Å². The Morgan fingerprint density at radius 2 is 1.83 bits per heavy atom. The van der Waals surface area contributed by atoms with Crippen molar-refractivity contribution < 1.29 is 4.39 Å². The van der Waals surface area contributed by atoms with Crippen molar-refractivity contribution in [3.8, 4) is 0 Å². The molecule has 1 aromatic carbocycles. The maximum absolute atomic E-state index is 13.3. The fourth-order valence-corrected chi connectivity index (χ4v) is 1.87. The summed E-state index contributed by atoms with van der Waals surface area (Å²) in [7, 11) is 0. The van der Waals surface area contributed by atoms with Gasteiger partial charge in [-0.3, -0.25) is 0 Å². The van der Waals surface area contributed by atoms with Gasteiger partial charge in [-0.1, -0.05) is 11.6 Å². The molecule has 18 heavy (non-hydrogen) atoms. The van der Waals surface area contributed by atoms with Crippen LogP contribution >= 0.6 is 11.6 Å². The lowest BCUT2D eigenvalue weighted by molar-refractivity contribution is 0.627. The van der Waals surface area contributed by atoms with E-state index < -0.39 is 0 Å². The molecule has 2 rings (SSSR count). The second-order valence-electron chi connectivity index (χ2n) is 4.18. The van der Waals surface area contributed by atoms with Crippen LogP contribution in [0, 0.1) is 26.6 Å². The number of nitrogens with zero attached hydrogens (tertiary/aromatic N) is 2. The third-order valence-corrected chi connectivity index (χ3v) is 2.87. The summed E-state index contributed by atoms with van der Waals surface area (Å²) in [5, 5.41) is 3.46. The van der Waals surface area contributed by atoms with Crippen LogP contribution in [0.4, 0.5) is 15.9 Å². The number of anilines is 2. The zero-order valence-electron chi connectivity index (χ0n) is 10.4. The van der Waals surface area contributed by atoms with E-state index in [0.717, 1.165) is 11.1 Å². The van der Waals surface area contributed by atoms with E-state index in [4.69, 9.17) is 11.6 Å². The molecule has 94 valence electrons. The zero-order chi connectivity index (χ0) is 13.3. The Morgan fingerprint density at radius 3 is 2.50 bits per heavy atom. The van der Waals surface area contributed by atoms with Crippen LogP contribution in [0.1, 0.15) is 17.0 Å². The van der Waals surface area contributed by atoms with Gasteiger partial charge >= 0.3 is 0 Å². The van der Waals surface area contributed by atoms with Crippen LogP contribution < -0.4 is 5.32 Å². The first-order chi connectivity index (χ1) is 8.45. The fraction of sp³-hybridized carbons (Fsp3) is 0.231. The van der Waals surface area contributed by atoms with E-state index in [9.17, 15) is 4.39 Å². The monoisotopic (exact) mass is 265 g/mol. The molecule has 0 aliphatic heterocycles. The van der Waals surface area contributed by atoms with E-state index in [1.165, 1.54) is 12.1 Å². The lowest BCUT2D eigenvalue weighted by Crippen LogP contribution is -2.01. The molecular weight excluding hydrogens is 253 g/mol. The molecule has 2 aromatic rings. The molecule has 0 unspecified atom stereocenters. The van der Waals surface area contributed by atoms with E-state index in [2.05, 4.69) is 15.3 Å². The van der Waals surface area contributed by atoms with Crippen LogP contribution in [0.3, 0.4) is 0 Å². The summed E-state index contributed by atoms with van der Waals surface area (Å²) in [5.41, 5.74) is 2.22. The highest BCUT2D eigenvalue weighted by Gasteiger charge is 2.08. The Bertz CT molecular complexity index is 579. The van der Waals surface area contributed by atoms with Crippen LogP contribution in [0.25, 0.3) is 0 Å². The lowest BCUT2D eigenvalue weighted by Gasteiger charge is -2.11. The van der Waals surface area contributed by atoms with Crippen LogP contribution in [-0.4, -0.2) is 9.97 Å². The number of aryl methyl sites for hydroxylation is 2. The average Bonchev–Trinajstić information content (AvgIpc) is 2.23. The maximum Gasteiger partial charge on any atom is 0.138 e. The van der Waals surface area contributed by atoms with Gasteiger partial charge in [-0.15, -0.1) is 0 Å². The van der Waals surface area contributed by atoms with Crippen LogP contribution in [0.2, 0.25) is 5.15 Å². The van der Waals surface area contributed by atoms with Crippen LogP contribution in [0.5, 0.6) is 0 Å². The number of benzene rings is 1. The van der Waals surface area contributed by atoms with Crippen molar-refractivity contribution in [1.29, 1.82) is 0 Å². The summed E-state index contributed by atoms with van der Waals surface area (Å²) in [6.45, 7) is 5.41. The second kappa shape index (κ2) is 4.90. The molecule has 0 atom stereocenters. The molecule has 0 radical (unpaired) electrons. The number of aromatic nitrogens is 2. The highest BCUT2D eigenvalue weighted by molar-refractivity contribution is 6.30. The minimum atomic E-state index is -0.285. The Morgan fingerprint density at radius 1 is 1.11 bits per heavy atom. The third kappa shape index (κ3) is 2.76. The lowest BCUT2D eigenvalue weighted by atomic mass is 10.2. The molecule has 0 aliphatic carbocycles. The maximum atomic E-state index is 13.3. The molecule has 0 amide bonds. The Hall–Kier alpha value is -1.68. The Labute approximate surface area is 110 Å². The van der Waals surface area contributed by atoms with Gasteiger partial charge in [0.1, 0.15) is 22.6 Å². The molecule has 1 N–H and O–H groups in total. The van der Waals surface area contributed by atoms with Gasteiger partial charge in [-0.2, -0.15) is 0 Å². The normalized spacial score (nSPS) is 10.5. The van der Waals surface area contributed by atoms with Gasteiger partial charge in [0.15, 0.2) is 0 Å². The van der Waals surface area contributed by atoms with E-state index in [1.807, 2.05) is 19.9 Å². The number of rotatable bonds is 2. The largest absolute Gasteiger partial charge is 0.340 e. The molecule has 1 aromatic heterocycles. The minimum absolute atomic E-state index is 0.285. The summed E-state index contributed by atoms with van der Waals surface area (Å²) in [6, 6.07) is 4.72. The van der Waals surface area contributed by atoms with Crippen molar-refractivity contribution in [1.82, 2.24) is 9.97 Å². The van der Waals surface area contributed by atoms with Gasteiger partial charge in [-0.25, -0.2) is 14.4 Å². The molecule has 5 heteroatoms. The number of nitrogens with one attached hydrogen (secondary N) is 1. The number of hydrogen-bond acceptors (Lipinski definition) is 3. The molecule has 0 fully saturated rings. The van der Waals surface area contributed by atoms with Crippen molar-refractivity contribution in [3.63, 3.8) is 0 Å². The van der Waals surface area contributed by atoms with Crippen molar-refractivity contribution in [2.45, 2.75) is 20.8 Å². The fourth-order valence-electron chi connectivity index (χ4n) is 1.66. The van der Waals surface area contributed by atoms with E-state index >= 15 is 0 Å². The average molecular weight is 266 g/mol. The van der Waals surface area contributed by atoms with Gasteiger partial charge < -0.3 is 5.32 Å². The second-order valence-corrected chi connectivity index (χ2v) is 4.54. The van der Waals surface area contributed by atoms with Crippen molar-refractivity contribution in [2.75, 3.05) is 5.32 Å². The van der Waals surface area contributed by atoms with E-state index in [0.29, 0.717) is 22.5 Å². The zero-order valence-corrected chi connectivity index (χ0v) is 11.1. The number of hydrogen-bond donors (Lipinski definition) is 1. The molecule has 1 heterocycles. The highest BCUT2D eigenvalue weighted by atomic mass is 35.5. The standard InChI is InChI=1S/C13H13ClFN3/c1-7-4-10(15)6-11(5-7)18-13-8(2)12(14)16-9(3)17-13/h4-6H,1-3H3,(H,16,17,18). The Kier molecular flexibility index (Phi) is 3.48. The molecule has 0 bridgehead atoms. The quantitative estimate of drug-likeness (QED) is 0.836. The van der Waals surface area contributed by atoms with Crippen molar-refractivity contribution in [3.05, 3.63) is 46.1 Å². The van der Waals surface area contributed by atoms with Gasteiger partial charge in [0.2, 0.25) is 0 Å². The van der Waals surface area contributed by atoms with Gasteiger partial charge in [0.05, 0.1) is 0 Å². The molecule has 0 saturated heterocycles. The summed E-state index contributed by atoms with van der Waals surface area (Å²) in [4.78, 5) is 8.31. The first kappa shape index (κ1) is 12.8. The molecular formula is C13H13ClFN3. The highest BCUT2D eigenvalue weighted by Crippen LogP contribution is 2.24. The topological polar surface area (TPSA) is 37.8 Å². The predicted molar refractivity (Wildman–Crippen MR) is 70.9 cm³/mol. The SMILES string of the molecule is Cc1cc(F)cc(Nc2nc(C)nc(Cl)c2C)c1. The van der Waals surface area contributed by atoms with Crippen molar-refractivity contribution in [2.24, 2.45) is 0 Å². The first-order valence-electron chi connectivity index (χ1n) is 5.50. The first-order valence-corrected chi connectivity index (χ1v) is 5.88. The third-order valence-electron chi connectivity index (χ3n) is 2.50. The molecule has 0 saturated carbocycles. The van der Waals surface area contributed by atoms with Gasteiger partial charge in [0, 0.05) is 11.3 Å². The van der Waals surface area contributed by atoms with E-state index in [1.54, 1.807) is 6.92 Å². The molecule has 3 nitrogen and oxygen atoms in total.